The molecule has 0 saturated heterocycles. The molecule has 0 saturated carbocycles. The van der Waals surface area contributed by atoms with E-state index < -0.39 is 11.1 Å². The molecule has 0 unspecified atom stereocenters. The van der Waals surface area contributed by atoms with E-state index in [9.17, 15) is 10.2 Å². The Bertz CT molecular complexity index is 395. The molecule has 0 radical (unpaired) electrons. The molecule has 1 rings (SSSR count). The van der Waals surface area contributed by atoms with Crippen molar-refractivity contribution in [1.82, 2.24) is 10.3 Å². The fourth-order valence-corrected chi connectivity index (χ4v) is 1.25. The molecule has 4 heteroatoms. The van der Waals surface area contributed by atoms with E-state index in [4.69, 9.17) is 0 Å². The van der Waals surface area contributed by atoms with Crippen LogP contribution in [0.1, 0.15) is 39.1 Å². The fraction of sp³-hybridized carbons (Fsp3) is 0.615. The van der Waals surface area contributed by atoms with E-state index in [1.54, 1.807) is 26.0 Å². The fourth-order valence-electron chi connectivity index (χ4n) is 1.25. The highest BCUT2D eigenvalue weighted by Crippen LogP contribution is 2.22. The molecule has 1 aromatic heterocycles. The number of aromatic nitrogens is 1. The van der Waals surface area contributed by atoms with Gasteiger partial charge in [0.05, 0.1) is 11.3 Å². The molecule has 0 aromatic carbocycles. The molecule has 3 N–H and O–H groups in total. The van der Waals surface area contributed by atoms with Crippen molar-refractivity contribution in [2.75, 3.05) is 0 Å². The van der Waals surface area contributed by atoms with Crippen LogP contribution in [0.2, 0.25) is 0 Å². The van der Waals surface area contributed by atoms with E-state index in [1.807, 2.05) is 20.8 Å². The van der Waals surface area contributed by atoms with Crippen molar-refractivity contribution in [2.24, 2.45) is 0 Å². The maximum Gasteiger partial charge on any atom is 0.138 e. The van der Waals surface area contributed by atoms with Crippen LogP contribution in [0, 0.1) is 6.92 Å². The minimum atomic E-state index is -0.855. The van der Waals surface area contributed by atoms with E-state index in [1.165, 1.54) is 0 Å². The number of hydrogen-bond acceptors (Lipinski definition) is 4. The van der Waals surface area contributed by atoms with Crippen molar-refractivity contribution in [3.8, 4) is 5.75 Å². The number of aliphatic hydroxyl groups is 1. The highest BCUT2D eigenvalue weighted by Gasteiger charge is 2.34. The number of aryl methyl sites for hydroxylation is 1. The van der Waals surface area contributed by atoms with Crippen molar-refractivity contribution >= 4 is 0 Å². The lowest BCUT2D eigenvalue weighted by Gasteiger charge is -2.38. The van der Waals surface area contributed by atoms with Crippen LogP contribution in [-0.2, 0) is 6.54 Å². The quantitative estimate of drug-likeness (QED) is 0.747. The predicted molar refractivity (Wildman–Crippen MR) is 67.9 cm³/mol. The van der Waals surface area contributed by atoms with Gasteiger partial charge in [0.1, 0.15) is 5.75 Å². The lowest BCUT2D eigenvalue weighted by atomic mass is 9.86. The number of pyridine rings is 1. The summed E-state index contributed by atoms with van der Waals surface area (Å²) in [6.07, 6.45) is 0. The zero-order chi connectivity index (χ0) is 13.3. The Morgan fingerprint density at radius 1 is 1.24 bits per heavy atom. The second kappa shape index (κ2) is 4.63. The summed E-state index contributed by atoms with van der Waals surface area (Å²) in [4.78, 5) is 4.26. The van der Waals surface area contributed by atoms with Gasteiger partial charge in [0, 0.05) is 17.8 Å². The Morgan fingerprint density at radius 2 is 1.82 bits per heavy atom. The molecule has 0 aliphatic carbocycles. The highest BCUT2D eigenvalue weighted by molar-refractivity contribution is 5.27. The molecular weight excluding hydrogens is 216 g/mol. The molecule has 0 spiro atoms. The third kappa shape index (κ3) is 3.41. The Hall–Kier alpha value is -1.13. The zero-order valence-electron chi connectivity index (χ0n) is 11.2. The highest BCUT2D eigenvalue weighted by atomic mass is 16.3. The smallest absolute Gasteiger partial charge is 0.138 e. The SMILES string of the molecule is Cc1ccc(O)c(CNC(C)(C)C(C)(C)O)n1. The molecule has 0 amide bonds. The molecule has 4 nitrogen and oxygen atoms in total. The molecule has 1 heterocycles. The number of nitrogens with zero attached hydrogens (tertiary/aromatic N) is 1. The molecule has 0 aliphatic rings. The van der Waals surface area contributed by atoms with Crippen LogP contribution in [0.3, 0.4) is 0 Å². The van der Waals surface area contributed by atoms with Gasteiger partial charge >= 0.3 is 0 Å². The summed E-state index contributed by atoms with van der Waals surface area (Å²) in [7, 11) is 0. The van der Waals surface area contributed by atoms with Crippen LogP contribution in [0.25, 0.3) is 0 Å². The van der Waals surface area contributed by atoms with E-state index in [-0.39, 0.29) is 5.75 Å². The number of rotatable bonds is 4. The summed E-state index contributed by atoms with van der Waals surface area (Å²) in [5, 5.41) is 22.9. The minimum Gasteiger partial charge on any atom is -0.506 e. The van der Waals surface area contributed by atoms with E-state index in [0.29, 0.717) is 12.2 Å². The standard InChI is InChI=1S/C13H22N2O2/c1-9-6-7-11(16)10(15-9)8-14-12(2,3)13(4,5)17/h6-7,14,16-17H,8H2,1-5H3. The van der Waals surface area contributed by atoms with Crippen molar-refractivity contribution in [3.63, 3.8) is 0 Å². The third-order valence-electron chi connectivity index (χ3n) is 3.32. The monoisotopic (exact) mass is 238 g/mol. The van der Waals surface area contributed by atoms with Crippen LogP contribution in [-0.4, -0.2) is 26.3 Å². The molecule has 0 bridgehead atoms. The number of aromatic hydroxyl groups is 1. The van der Waals surface area contributed by atoms with E-state index in [0.717, 1.165) is 5.69 Å². The van der Waals surface area contributed by atoms with Gasteiger partial charge < -0.3 is 15.5 Å². The van der Waals surface area contributed by atoms with Crippen molar-refractivity contribution in [2.45, 2.75) is 52.3 Å². The number of hydrogen-bond donors (Lipinski definition) is 3. The molecule has 0 aliphatic heterocycles. The van der Waals surface area contributed by atoms with Crippen LogP contribution in [0.15, 0.2) is 12.1 Å². The van der Waals surface area contributed by atoms with Crippen molar-refractivity contribution in [3.05, 3.63) is 23.5 Å². The van der Waals surface area contributed by atoms with Gasteiger partial charge in [-0.25, -0.2) is 0 Å². The number of nitrogens with one attached hydrogen (secondary N) is 1. The van der Waals surface area contributed by atoms with E-state index >= 15 is 0 Å². The molecule has 17 heavy (non-hydrogen) atoms. The summed E-state index contributed by atoms with van der Waals surface area (Å²) in [5.41, 5.74) is 0.139. The first-order valence-corrected chi connectivity index (χ1v) is 5.76. The molecule has 96 valence electrons. The van der Waals surface area contributed by atoms with Gasteiger partial charge in [-0.05, 0) is 46.8 Å². The first-order chi connectivity index (χ1) is 7.63. The Morgan fingerprint density at radius 3 is 2.35 bits per heavy atom. The third-order valence-corrected chi connectivity index (χ3v) is 3.32. The second-order valence-corrected chi connectivity index (χ2v) is 5.46. The topological polar surface area (TPSA) is 65.4 Å². The van der Waals surface area contributed by atoms with Gasteiger partial charge in [0.2, 0.25) is 0 Å². The van der Waals surface area contributed by atoms with Crippen molar-refractivity contribution < 1.29 is 10.2 Å². The Balaban J connectivity index is 2.77. The van der Waals surface area contributed by atoms with Gasteiger partial charge in [-0.3, -0.25) is 4.98 Å². The normalized spacial score (nSPS) is 12.8. The lowest BCUT2D eigenvalue weighted by Crippen LogP contribution is -2.55. The van der Waals surface area contributed by atoms with E-state index in [2.05, 4.69) is 10.3 Å². The Labute approximate surface area is 103 Å². The van der Waals surface area contributed by atoms with Gasteiger partial charge in [-0.1, -0.05) is 0 Å². The van der Waals surface area contributed by atoms with Gasteiger partial charge in [0.15, 0.2) is 0 Å². The summed E-state index contributed by atoms with van der Waals surface area (Å²) in [6, 6.07) is 3.40. The first-order valence-electron chi connectivity index (χ1n) is 5.76. The molecule has 0 atom stereocenters. The van der Waals surface area contributed by atoms with Crippen LogP contribution < -0.4 is 5.32 Å². The maximum atomic E-state index is 10.0. The predicted octanol–water partition coefficient (Wildman–Crippen LogP) is 1.73. The van der Waals surface area contributed by atoms with Gasteiger partial charge in [0.25, 0.3) is 0 Å². The summed E-state index contributed by atoms with van der Waals surface area (Å²) >= 11 is 0. The minimum absolute atomic E-state index is 0.176. The lowest BCUT2D eigenvalue weighted by molar-refractivity contribution is -0.00554. The Kier molecular flexibility index (Phi) is 3.79. The zero-order valence-corrected chi connectivity index (χ0v) is 11.2. The van der Waals surface area contributed by atoms with Gasteiger partial charge in [-0.2, -0.15) is 0 Å². The molecular formula is C13H22N2O2. The van der Waals surface area contributed by atoms with Crippen LogP contribution in [0.4, 0.5) is 0 Å². The summed E-state index contributed by atoms with van der Waals surface area (Å²) in [6.45, 7) is 9.64. The molecule has 1 aromatic rings. The summed E-state index contributed by atoms with van der Waals surface area (Å²) in [5.74, 6) is 0.176. The maximum absolute atomic E-state index is 10.0. The van der Waals surface area contributed by atoms with Crippen molar-refractivity contribution in [1.29, 1.82) is 0 Å². The molecule has 0 fully saturated rings. The summed E-state index contributed by atoms with van der Waals surface area (Å²) < 4.78 is 0. The first kappa shape index (κ1) is 13.9. The largest absolute Gasteiger partial charge is 0.506 e. The van der Waals surface area contributed by atoms with Crippen LogP contribution >= 0.6 is 0 Å². The average Bonchev–Trinajstić information content (AvgIpc) is 2.18. The average molecular weight is 238 g/mol. The van der Waals surface area contributed by atoms with Crippen LogP contribution in [0.5, 0.6) is 5.75 Å². The van der Waals surface area contributed by atoms with Gasteiger partial charge in [-0.15, -0.1) is 0 Å². The second-order valence-electron chi connectivity index (χ2n) is 5.46.